The third-order valence-electron chi connectivity index (χ3n) is 10.1. The smallest absolute Gasteiger partial charge is 0.336 e. The van der Waals surface area contributed by atoms with E-state index in [0.717, 1.165) is 46.9 Å². The molecule has 1 saturated carbocycles. The van der Waals surface area contributed by atoms with E-state index in [2.05, 4.69) is 43.0 Å². The first-order valence-electron chi connectivity index (χ1n) is 18.6. The number of halogens is 1. The molecule has 3 aromatic carbocycles. The maximum absolute atomic E-state index is 12.4. The van der Waals surface area contributed by atoms with Crippen molar-refractivity contribution < 1.29 is 43.1 Å². The first kappa shape index (κ1) is 40.6. The second kappa shape index (κ2) is 21.3. The van der Waals surface area contributed by atoms with E-state index in [1.165, 1.54) is 44.1 Å². The topological polar surface area (TPSA) is 112 Å². The van der Waals surface area contributed by atoms with E-state index in [9.17, 15) is 19.1 Å². The van der Waals surface area contributed by atoms with E-state index in [1.807, 2.05) is 12.1 Å². The lowest BCUT2D eigenvalue weighted by Gasteiger charge is -2.28. The minimum Gasteiger partial charge on any atom is -0.457 e. The Balaban J connectivity index is 1.37. The molecule has 0 heterocycles. The molecule has 0 radical (unpaired) electrons. The molecule has 0 aromatic heterocycles. The molecule has 1 aliphatic rings. The molecular weight excluding hydrogens is 663 g/mol. The molecule has 2 atom stereocenters. The first-order chi connectivity index (χ1) is 25.2. The molecule has 0 aliphatic heterocycles. The summed E-state index contributed by atoms with van der Waals surface area (Å²) in [5, 5.41) is 18.4. The van der Waals surface area contributed by atoms with Gasteiger partial charge in [-0.2, -0.15) is 0 Å². The lowest BCUT2D eigenvalue weighted by Crippen LogP contribution is -2.19. The fourth-order valence-corrected chi connectivity index (χ4v) is 6.50. The predicted molar refractivity (Wildman–Crippen MR) is 200 cm³/mol. The van der Waals surface area contributed by atoms with Crippen molar-refractivity contribution in [3.8, 4) is 33.8 Å². The summed E-state index contributed by atoms with van der Waals surface area (Å²) in [4.78, 5) is 24.5. The van der Waals surface area contributed by atoms with Crippen LogP contribution in [0.2, 0.25) is 0 Å². The zero-order chi connectivity index (χ0) is 37.3. The standard InChI is InChI=1S/C43H55FO8/c1-30(21-23-45)42(47)51-28-49-40-24-39(25-41(26-40)50-29-52-43(48)32(3)31(2)27-46)38-19-17-37(18-20-38)36-15-13-35(14-16-36)12-11-34-9-7-33(8-10-34)6-4-5-22-44/h13-20,24-26,30-31,33-34,45-46H,3-12,21-23,27-29H2,1-2H3. The fourth-order valence-electron chi connectivity index (χ4n) is 6.50. The summed E-state index contributed by atoms with van der Waals surface area (Å²) in [6.45, 7) is 5.79. The van der Waals surface area contributed by atoms with Crippen LogP contribution in [0.15, 0.2) is 78.9 Å². The van der Waals surface area contributed by atoms with Gasteiger partial charge in [0.1, 0.15) is 11.5 Å². The number of hydrogen-bond acceptors (Lipinski definition) is 8. The number of aliphatic hydroxyl groups excluding tert-OH is 2. The maximum Gasteiger partial charge on any atom is 0.336 e. The largest absolute Gasteiger partial charge is 0.457 e. The summed E-state index contributed by atoms with van der Waals surface area (Å²) < 4.78 is 34.4. The number of hydrogen-bond donors (Lipinski definition) is 2. The van der Waals surface area contributed by atoms with Crippen LogP contribution in [0.4, 0.5) is 4.39 Å². The molecule has 282 valence electrons. The summed E-state index contributed by atoms with van der Waals surface area (Å²) in [6, 6.07) is 22.1. The van der Waals surface area contributed by atoms with E-state index < -0.39 is 23.8 Å². The van der Waals surface area contributed by atoms with Crippen molar-refractivity contribution in [2.24, 2.45) is 23.7 Å². The number of carbonyl (C=O) groups is 2. The number of esters is 2. The molecule has 2 unspecified atom stereocenters. The number of carbonyl (C=O) groups excluding carboxylic acids is 2. The Hall–Kier alpha value is -4.21. The van der Waals surface area contributed by atoms with E-state index >= 15 is 0 Å². The second-order valence-electron chi connectivity index (χ2n) is 14.0. The van der Waals surface area contributed by atoms with Gasteiger partial charge in [-0.1, -0.05) is 107 Å². The number of unbranched alkanes of at least 4 members (excludes halogenated alkanes) is 1. The SMILES string of the molecule is C=C(C(=O)OCOc1cc(OCOC(=O)C(C)CCO)cc(-c2ccc(-c3ccc(CCC4CCC(CCCCF)CC4)cc3)cc2)c1)C(C)CO. The Bertz CT molecular complexity index is 1550. The summed E-state index contributed by atoms with van der Waals surface area (Å²) >= 11 is 0. The van der Waals surface area contributed by atoms with Crippen LogP contribution in [-0.4, -0.2) is 55.6 Å². The van der Waals surface area contributed by atoms with Gasteiger partial charge in [-0.3, -0.25) is 9.18 Å². The van der Waals surface area contributed by atoms with E-state index in [1.54, 1.807) is 32.0 Å². The van der Waals surface area contributed by atoms with Gasteiger partial charge in [0.2, 0.25) is 13.6 Å². The van der Waals surface area contributed by atoms with Gasteiger partial charge in [-0.15, -0.1) is 0 Å². The van der Waals surface area contributed by atoms with E-state index in [4.69, 9.17) is 24.1 Å². The van der Waals surface area contributed by atoms with Crippen molar-refractivity contribution in [3.63, 3.8) is 0 Å². The molecule has 0 bridgehead atoms. The molecule has 8 nitrogen and oxygen atoms in total. The maximum atomic E-state index is 12.4. The molecule has 0 saturated heterocycles. The first-order valence-corrected chi connectivity index (χ1v) is 18.6. The normalized spacial score (nSPS) is 16.8. The molecule has 1 aliphatic carbocycles. The van der Waals surface area contributed by atoms with Gasteiger partial charge in [0.25, 0.3) is 0 Å². The predicted octanol–water partition coefficient (Wildman–Crippen LogP) is 8.86. The quantitative estimate of drug-likeness (QED) is 0.0487. The minimum absolute atomic E-state index is 0.117. The number of rotatable bonds is 21. The monoisotopic (exact) mass is 718 g/mol. The van der Waals surface area contributed by atoms with Gasteiger partial charge in [-0.05, 0) is 77.5 Å². The Morgan fingerprint density at radius 2 is 1.29 bits per heavy atom. The molecule has 1 fully saturated rings. The zero-order valence-corrected chi connectivity index (χ0v) is 30.7. The van der Waals surface area contributed by atoms with Gasteiger partial charge in [0, 0.05) is 30.8 Å². The highest BCUT2D eigenvalue weighted by molar-refractivity contribution is 5.88. The molecular formula is C43H55FO8. The van der Waals surface area contributed by atoms with Crippen LogP contribution in [0.25, 0.3) is 22.3 Å². The second-order valence-corrected chi connectivity index (χ2v) is 14.0. The summed E-state index contributed by atoms with van der Waals surface area (Å²) in [5.74, 6) is 0.264. The zero-order valence-electron chi connectivity index (χ0n) is 30.7. The van der Waals surface area contributed by atoms with Crippen LogP contribution in [-0.2, 0) is 25.5 Å². The van der Waals surface area contributed by atoms with Crippen molar-refractivity contribution in [1.29, 1.82) is 0 Å². The van der Waals surface area contributed by atoms with Gasteiger partial charge < -0.3 is 29.2 Å². The van der Waals surface area contributed by atoms with E-state index in [-0.39, 0.29) is 39.0 Å². The van der Waals surface area contributed by atoms with Crippen molar-refractivity contribution in [1.82, 2.24) is 0 Å². The third kappa shape index (κ3) is 12.8. The Labute approximate surface area is 308 Å². The molecule has 0 spiro atoms. The number of alkyl halides is 1. The highest BCUT2D eigenvalue weighted by atomic mass is 19.1. The third-order valence-corrected chi connectivity index (χ3v) is 10.1. The molecule has 3 aromatic rings. The van der Waals surface area contributed by atoms with Crippen molar-refractivity contribution in [2.45, 2.75) is 78.1 Å². The van der Waals surface area contributed by atoms with Crippen molar-refractivity contribution in [2.75, 3.05) is 33.5 Å². The highest BCUT2D eigenvalue weighted by Crippen LogP contribution is 2.35. The fraction of sp³-hybridized carbons (Fsp3) is 0.488. The number of aryl methyl sites for hydroxylation is 1. The van der Waals surface area contributed by atoms with Crippen LogP contribution in [0.1, 0.15) is 77.2 Å². The Morgan fingerprint density at radius 1 is 0.750 bits per heavy atom. The summed E-state index contributed by atoms with van der Waals surface area (Å²) in [7, 11) is 0. The summed E-state index contributed by atoms with van der Waals surface area (Å²) in [5.41, 5.74) is 5.37. The summed E-state index contributed by atoms with van der Waals surface area (Å²) in [6.07, 6.45) is 10.7. The highest BCUT2D eigenvalue weighted by Gasteiger charge is 2.21. The Morgan fingerprint density at radius 3 is 1.85 bits per heavy atom. The number of aliphatic hydroxyl groups is 2. The minimum atomic E-state index is -0.664. The lowest BCUT2D eigenvalue weighted by molar-refractivity contribution is -0.155. The number of ether oxygens (including phenoxy) is 4. The van der Waals surface area contributed by atoms with Gasteiger partial charge >= 0.3 is 11.9 Å². The van der Waals surface area contributed by atoms with Gasteiger partial charge in [0.15, 0.2) is 0 Å². The molecule has 4 rings (SSSR count). The van der Waals surface area contributed by atoms with Crippen LogP contribution < -0.4 is 9.47 Å². The van der Waals surface area contributed by atoms with Crippen LogP contribution in [0.3, 0.4) is 0 Å². The van der Waals surface area contributed by atoms with E-state index in [0.29, 0.717) is 24.3 Å². The molecule has 52 heavy (non-hydrogen) atoms. The molecule has 0 amide bonds. The van der Waals surface area contributed by atoms with Crippen LogP contribution in [0.5, 0.6) is 11.5 Å². The number of benzene rings is 3. The van der Waals surface area contributed by atoms with Gasteiger partial charge in [0.05, 0.1) is 12.6 Å². The lowest BCUT2D eigenvalue weighted by atomic mass is 9.78. The molecule has 9 heteroatoms. The van der Waals surface area contributed by atoms with Gasteiger partial charge in [-0.25, -0.2) is 4.79 Å². The molecule has 2 N–H and O–H groups in total. The van der Waals surface area contributed by atoms with Crippen molar-refractivity contribution in [3.05, 3.63) is 84.4 Å². The van der Waals surface area contributed by atoms with Crippen LogP contribution in [0, 0.1) is 23.7 Å². The van der Waals surface area contributed by atoms with Crippen molar-refractivity contribution >= 4 is 11.9 Å². The average Bonchev–Trinajstić information content (AvgIpc) is 3.17. The average molecular weight is 719 g/mol. The van der Waals surface area contributed by atoms with Crippen LogP contribution >= 0.6 is 0 Å². The Kier molecular flexibility index (Phi) is 16.7.